The van der Waals surface area contributed by atoms with E-state index in [2.05, 4.69) is 19.9 Å². The lowest BCUT2D eigenvalue weighted by molar-refractivity contribution is -0.148. The summed E-state index contributed by atoms with van der Waals surface area (Å²) < 4.78 is 5.49. The number of allylic oxidation sites excluding steroid dienone is 1. The molecule has 23 heavy (non-hydrogen) atoms. The van der Waals surface area contributed by atoms with Crippen LogP contribution in [0, 0.1) is 28.6 Å². The van der Waals surface area contributed by atoms with Gasteiger partial charge >= 0.3 is 5.97 Å². The van der Waals surface area contributed by atoms with Gasteiger partial charge in [0.15, 0.2) is 0 Å². The van der Waals surface area contributed by atoms with Crippen molar-refractivity contribution in [2.45, 2.75) is 71.8 Å². The van der Waals surface area contributed by atoms with Gasteiger partial charge in [0.05, 0.1) is 0 Å². The van der Waals surface area contributed by atoms with Crippen LogP contribution in [0.25, 0.3) is 0 Å². The van der Waals surface area contributed by atoms with Crippen molar-refractivity contribution < 1.29 is 14.3 Å². The molecule has 0 radical (unpaired) electrons. The Morgan fingerprint density at radius 3 is 2.57 bits per heavy atom. The zero-order chi connectivity index (χ0) is 16.4. The normalized spacial score (nSPS) is 48.3. The van der Waals surface area contributed by atoms with Crippen molar-refractivity contribution in [3.8, 4) is 0 Å². The Bertz CT molecular complexity index is 592. The van der Waals surface area contributed by atoms with Gasteiger partial charge in [-0.3, -0.25) is 9.59 Å². The van der Waals surface area contributed by atoms with Gasteiger partial charge in [0.2, 0.25) is 0 Å². The zero-order valence-corrected chi connectivity index (χ0v) is 14.6. The number of rotatable bonds is 1. The maximum absolute atomic E-state index is 12.4. The first kappa shape index (κ1) is 15.4. The van der Waals surface area contributed by atoms with Gasteiger partial charge in [-0.25, -0.2) is 0 Å². The molecule has 0 N–H and O–H groups in total. The van der Waals surface area contributed by atoms with E-state index in [1.165, 1.54) is 18.9 Å². The Balaban J connectivity index is 1.62. The third kappa shape index (κ3) is 2.08. The van der Waals surface area contributed by atoms with Gasteiger partial charge < -0.3 is 4.74 Å². The minimum absolute atomic E-state index is 0.0589. The van der Waals surface area contributed by atoms with Crippen molar-refractivity contribution in [3.05, 3.63) is 11.6 Å². The highest BCUT2D eigenvalue weighted by atomic mass is 16.5. The van der Waals surface area contributed by atoms with E-state index in [9.17, 15) is 9.59 Å². The van der Waals surface area contributed by atoms with Crippen molar-refractivity contribution in [2.24, 2.45) is 28.6 Å². The van der Waals surface area contributed by atoms with Crippen LogP contribution in [0.3, 0.4) is 0 Å². The van der Waals surface area contributed by atoms with Crippen LogP contribution in [0.2, 0.25) is 0 Å². The first-order chi connectivity index (χ1) is 10.8. The van der Waals surface area contributed by atoms with Crippen LogP contribution in [-0.2, 0) is 14.3 Å². The lowest BCUT2D eigenvalue weighted by Gasteiger charge is -2.49. The largest absolute Gasteiger partial charge is 0.462 e. The van der Waals surface area contributed by atoms with E-state index in [-0.39, 0.29) is 22.9 Å². The molecule has 0 aromatic heterocycles. The van der Waals surface area contributed by atoms with E-state index in [0.29, 0.717) is 23.5 Å². The number of hydrogen-bond acceptors (Lipinski definition) is 3. The number of Topliss-reactive ketones (excluding diaryl/α,β-unsaturated/α-hetero) is 1. The Hall–Kier alpha value is -1.12. The van der Waals surface area contributed by atoms with E-state index in [4.69, 9.17) is 4.74 Å². The van der Waals surface area contributed by atoms with E-state index in [1.54, 1.807) is 0 Å². The van der Waals surface area contributed by atoms with Gasteiger partial charge in [0.25, 0.3) is 0 Å². The number of esters is 1. The molecule has 0 heterocycles. The van der Waals surface area contributed by atoms with Gasteiger partial charge in [-0.2, -0.15) is 0 Å². The molecule has 0 aromatic carbocycles. The molecule has 0 spiro atoms. The van der Waals surface area contributed by atoms with Crippen LogP contribution in [0.5, 0.6) is 0 Å². The highest BCUT2D eigenvalue weighted by Crippen LogP contribution is 2.65. The number of fused-ring (bicyclic) bond motifs is 5. The Morgan fingerprint density at radius 2 is 1.83 bits per heavy atom. The maximum atomic E-state index is 12.4. The molecule has 0 amide bonds. The molecule has 3 fully saturated rings. The summed E-state index contributed by atoms with van der Waals surface area (Å²) in [5.74, 6) is 2.13. The molecule has 126 valence electrons. The first-order valence-corrected chi connectivity index (χ1v) is 9.26. The first-order valence-electron chi connectivity index (χ1n) is 9.26. The Kier molecular flexibility index (Phi) is 3.31. The quantitative estimate of drug-likeness (QED) is 0.541. The van der Waals surface area contributed by atoms with Crippen LogP contribution in [-0.4, -0.2) is 17.9 Å². The molecule has 0 aromatic rings. The number of ketones is 1. The molecule has 3 nitrogen and oxygen atoms in total. The van der Waals surface area contributed by atoms with Crippen LogP contribution < -0.4 is 0 Å². The summed E-state index contributed by atoms with van der Waals surface area (Å²) >= 11 is 0. The minimum atomic E-state index is -0.163. The number of ether oxygens (including phenoxy) is 1. The van der Waals surface area contributed by atoms with E-state index in [1.807, 2.05) is 0 Å². The molecule has 0 aliphatic heterocycles. The standard InChI is InChI=1S/C20H28O3/c1-12(21)23-14-6-8-19(2)13(10-14)11-15-16-4-5-18(22)20(16,3)9-7-17(15)19/h11,14-17H,4-10H2,1-3H3/t14-,15-,16+,17+,19-,20-/m1/s1. The highest BCUT2D eigenvalue weighted by Gasteiger charge is 2.59. The molecule has 0 unspecified atom stereocenters. The van der Waals surface area contributed by atoms with Crippen LogP contribution >= 0.6 is 0 Å². The summed E-state index contributed by atoms with van der Waals surface area (Å²) in [5.41, 5.74) is 1.71. The van der Waals surface area contributed by atoms with Crippen molar-refractivity contribution in [2.75, 3.05) is 0 Å². The van der Waals surface area contributed by atoms with Crippen molar-refractivity contribution in [1.29, 1.82) is 0 Å². The SMILES string of the molecule is CC(=O)O[C@@H]1CC[C@]2(C)C(=C[C@@H]3[C@@H]4CCC(=O)[C@]4(C)CC[C@@H]32)C1. The Morgan fingerprint density at radius 1 is 1.13 bits per heavy atom. The van der Waals surface area contributed by atoms with Crippen molar-refractivity contribution >= 4 is 11.8 Å². The van der Waals surface area contributed by atoms with E-state index in [0.717, 1.165) is 38.5 Å². The third-order valence-electron chi connectivity index (χ3n) is 7.75. The summed E-state index contributed by atoms with van der Waals surface area (Å²) in [7, 11) is 0. The van der Waals surface area contributed by atoms with Gasteiger partial charge in [-0.05, 0) is 55.3 Å². The van der Waals surface area contributed by atoms with Crippen molar-refractivity contribution in [1.82, 2.24) is 0 Å². The lowest BCUT2D eigenvalue weighted by Crippen LogP contribution is -2.44. The molecule has 4 aliphatic carbocycles. The van der Waals surface area contributed by atoms with E-state index >= 15 is 0 Å². The molecule has 4 rings (SSSR count). The zero-order valence-electron chi connectivity index (χ0n) is 14.6. The average molecular weight is 316 g/mol. The van der Waals surface area contributed by atoms with E-state index < -0.39 is 0 Å². The molecular formula is C20H28O3. The van der Waals surface area contributed by atoms with Gasteiger partial charge in [-0.15, -0.1) is 0 Å². The molecule has 6 atom stereocenters. The second-order valence-corrected chi connectivity index (χ2v) is 8.79. The summed E-state index contributed by atoms with van der Waals surface area (Å²) in [4.78, 5) is 23.7. The second kappa shape index (κ2) is 4.94. The smallest absolute Gasteiger partial charge is 0.302 e. The number of carbonyl (C=O) groups excluding carboxylic acids is 2. The summed E-state index contributed by atoms with van der Waals surface area (Å²) in [5, 5.41) is 0. The highest BCUT2D eigenvalue weighted by molar-refractivity contribution is 5.87. The molecule has 0 bridgehead atoms. The van der Waals surface area contributed by atoms with Gasteiger partial charge in [-0.1, -0.05) is 25.5 Å². The lowest BCUT2D eigenvalue weighted by atomic mass is 9.55. The molecular weight excluding hydrogens is 288 g/mol. The third-order valence-corrected chi connectivity index (χ3v) is 7.75. The molecule has 3 heteroatoms. The molecule has 3 saturated carbocycles. The van der Waals surface area contributed by atoms with Gasteiger partial charge in [0.1, 0.15) is 11.9 Å². The summed E-state index contributed by atoms with van der Waals surface area (Å²) in [6.07, 6.45) is 9.67. The summed E-state index contributed by atoms with van der Waals surface area (Å²) in [6, 6.07) is 0. The van der Waals surface area contributed by atoms with Crippen LogP contribution in [0.1, 0.15) is 65.7 Å². The fraction of sp³-hybridized carbons (Fsp3) is 0.800. The van der Waals surface area contributed by atoms with Crippen molar-refractivity contribution in [3.63, 3.8) is 0 Å². The van der Waals surface area contributed by atoms with Gasteiger partial charge in [0, 0.05) is 25.2 Å². The molecule has 0 saturated heterocycles. The van der Waals surface area contributed by atoms with Crippen LogP contribution in [0.15, 0.2) is 11.6 Å². The second-order valence-electron chi connectivity index (χ2n) is 8.79. The average Bonchev–Trinajstić information content (AvgIpc) is 2.94. The fourth-order valence-electron chi connectivity index (χ4n) is 6.39. The predicted molar refractivity (Wildman–Crippen MR) is 87.6 cm³/mol. The molecule has 4 aliphatic rings. The summed E-state index contributed by atoms with van der Waals surface area (Å²) in [6.45, 7) is 6.15. The topological polar surface area (TPSA) is 43.4 Å². The maximum Gasteiger partial charge on any atom is 0.302 e. The predicted octanol–water partition coefficient (Wildman–Crippen LogP) is 4.06. The Labute approximate surface area is 138 Å². The fourth-order valence-corrected chi connectivity index (χ4v) is 6.39. The number of hydrogen-bond donors (Lipinski definition) is 0. The number of carbonyl (C=O) groups is 2. The monoisotopic (exact) mass is 316 g/mol. The van der Waals surface area contributed by atoms with Crippen LogP contribution in [0.4, 0.5) is 0 Å². The minimum Gasteiger partial charge on any atom is -0.462 e.